The van der Waals surface area contributed by atoms with Gasteiger partial charge in [-0.1, -0.05) is 32.6 Å². The minimum Gasteiger partial charge on any atom is -0.352 e. The predicted octanol–water partition coefficient (Wildman–Crippen LogP) is 3.14. The molecule has 1 heterocycles. The fourth-order valence-corrected chi connectivity index (χ4v) is 2.12. The summed E-state index contributed by atoms with van der Waals surface area (Å²) in [6.45, 7) is 14.7. The molecule has 0 aromatic heterocycles. The van der Waals surface area contributed by atoms with Crippen molar-refractivity contribution in [2.24, 2.45) is 15.9 Å². The molecule has 0 fully saturated rings. The van der Waals surface area contributed by atoms with Gasteiger partial charge in [0.1, 0.15) is 5.82 Å². The van der Waals surface area contributed by atoms with Crippen LogP contribution in [0.2, 0.25) is 0 Å². The van der Waals surface area contributed by atoms with E-state index in [0.29, 0.717) is 24.8 Å². The van der Waals surface area contributed by atoms with Crippen LogP contribution in [0.15, 0.2) is 57.5 Å². The average molecular weight is 328 g/mol. The second-order valence-corrected chi connectivity index (χ2v) is 6.03. The van der Waals surface area contributed by atoms with Gasteiger partial charge in [0.25, 0.3) is 0 Å². The van der Waals surface area contributed by atoms with Crippen molar-refractivity contribution in [2.45, 2.75) is 34.6 Å². The molecule has 0 aromatic carbocycles. The third kappa shape index (κ3) is 6.77. The molecule has 0 spiro atoms. The van der Waals surface area contributed by atoms with Crippen molar-refractivity contribution in [1.29, 1.82) is 0 Å². The smallest absolute Gasteiger partial charge is 0.217 e. The summed E-state index contributed by atoms with van der Waals surface area (Å²) in [6.07, 6.45) is 7.83. The predicted molar refractivity (Wildman–Crippen MR) is 102 cm³/mol. The van der Waals surface area contributed by atoms with Gasteiger partial charge in [-0.3, -0.25) is 9.79 Å². The van der Waals surface area contributed by atoms with Crippen LogP contribution in [0.5, 0.6) is 0 Å². The fraction of sp³-hybridized carbons (Fsp3) is 0.421. The SMILES string of the molecule is C=C(/C=C\C(=C/C)C(C)C)NC1=C(CNC(C)=O)C=NCC(C)=N1. The van der Waals surface area contributed by atoms with Gasteiger partial charge in [-0.15, -0.1) is 0 Å². The van der Waals surface area contributed by atoms with Crippen molar-refractivity contribution < 1.29 is 4.79 Å². The highest BCUT2D eigenvalue weighted by molar-refractivity contribution is 5.91. The average Bonchev–Trinajstić information content (AvgIpc) is 2.66. The molecule has 24 heavy (non-hydrogen) atoms. The Morgan fingerprint density at radius 2 is 2.12 bits per heavy atom. The summed E-state index contributed by atoms with van der Waals surface area (Å²) in [5.41, 5.74) is 3.70. The van der Waals surface area contributed by atoms with Crippen LogP contribution < -0.4 is 10.6 Å². The first kappa shape index (κ1) is 19.6. The van der Waals surface area contributed by atoms with Crippen LogP contribution >= 0.6 is 0 Å². The van der Waals surface area contributed by atoms with Crippen LogP contribution in [0.4, 0.5) is 0 Å². The lowest BCUT2D eigenvalue weighted by Gasteiger charge is -2.12. The van der Waals surface area contributed by atoms with Gasteiger partial charge in [0.05, 0.1) is 6.54 Å². The summed E-state index contributed by atoms with van der Waals surface area (Å²) in [6, 6.07) is 0. The van der Waals surface area contributed by atoms with Gasteiger partial charge in [0.2, 0.25) is 5.91 Å². The number of hydrogen-bond acceptors (Lipinski definition) is 4. The van der Waals surface area contributed by atoms with Crippen molar-refractivity contribution >= 4 is 17.8 Å². The number of hydrogen-bond donors (Lipinski definition) is 2. The maximum atomic E-state index is 11.2. The molecule has 0 aliphatic carbocycles. The molecular formula is C19H28N4O. The van der Waals surface area contributed by atoms with Crippen LogP contribution in [0, 0.1) is 5.92 Å². The largest absolute Gasteiger partial charge is 0.352 e. The highest BCUT2D eigenvalue weighted by Crippen LogP contribution is 2.12. The number of rotatable bonds is 7. The van der Waals surface area contributed by atoms with E-state index in [1.54, 1.807) is 6.21 Å². The molecule has 0 saturated heterocycles. The van der Waals surface area contributed by atoms with Gasteiger partial charge in [-0.25, -0.2) is 4.99 Å². The summed E-state index contributed by atoms with van der Waals surface area (Å²) in [5.74, 6) is 1.04. The van der Waals surface area contributed by atoms with Crippen molar-refractivity contribution in [1.82, 2.24) is 10.6 Å². The topological polar surface area (TPSA) is 65.8 Å². The molecule has 0 aromatic rings. The van der Waals surface area contributed by atoms with Crippen molar-refractivity contribution in [2.75, 3.05) is 13.1 Å². The fourth-order valence-electron chi connectivity index (χ4n) is 2.12. The second-order valence-electron chi connectivity index (χ2n) is 6.03. The maximum Gasteiger partial charge on any atom is 0.217 e. The Balaban J connectivity index is 2.94. The summed E-state index contributed by atoms with van der Waals surface area (Å²) in [4.78, 5) is 20.0. The lowest BCUT2D eigenvalue weighted by molar-refractivity contribution is -0.118. The number of carbonyl (C=O) groups excluding carboxylic acids is 1. The molecule has 5 heteroatoms. The van der Waals surface area contributed by atoms with E-state index < -0.39 is 0 Å². The lowest BCUT2D eigenvalue weighted by Crippen LogP contribution is -2.25. The monoisotopic (exact) mass is 328 g/mol. The molecule has 1 rings (SSSR count). The molecule has 0 saturated carbocycles. The molecule has 2 N–H and O–H groups in total. The number of nitrogens with zero attached hydrogens (tertiary/aromatic N) is 2. The zero-order valence-corrected chi connectivity index (χ0v) is 15.3. The Kier molecular flexibility index (Phi) is 7.89. The first-order valence-corrected chi connectivity index (χ1v) is 8.15. The summed E-state index contributed by atoms with van der Waals surface area (Å²) in [7, 11) is 0. The molecule has 0 atom stereocenters. The third-order valence-electron chi connectivity index (χ3n) is 3.46. The Hall–Kier alpha value is -2.43. The van der Waals surface area contributed by atoms with E-state index in [9.17, 15) is 4.79 Å². The van der Waals surface area contributed by atoms with E-state index >= 15 is 0 Å². The zero-order chi connectivity index (χ0) is 18.1. The molecule has 5 nitrogen and oxygen atoms in total. The lowest BCUT2D eigenvalue weighted by atomic mass is 10.0. The van der Waals surface area contributed by atoms with Crippen LogP contribution in [0.3, 0.4) is 0 Å². The molecule has 130 valence electrons. The van der Waals surface area contributed by atoms with Gasteiger partial charge in [0, 0.05) is 36.7 Å². The van der Waals surface area contributed by atoms with Gasteiger partial charge < -0.3 is 10.6 Å². The maximum absolute atomic E-state index is 11.2. The molecule has 1 amide bonds. The summed E-state index contributed by atoms with van der Waals surface area (Å²) >= 11 is 0. The highest BCUT2D eigenvalue weighted by Gasteiger charge is 2.09. The van der Waals surface area contributed by atoms with E-state index in [4.69, 9.17) is 0 Å². The van der Waals surface area contributed by atoms with Crippen LogP contribution in [-0.2, 0) is 4.79 Å². The Labute approximate surface area is 145 Å². The molecule has 0 radical (unpaired) electrons. The number of aliphatic imine (C=N–C) groups is 2. The molecule has 0 unspecified atom stereocenters. The second kappa shape index (κ2) is 9.65. The first-order chi connectivity index (χ1) is 11.3. The van der Waals surface area contributed by atoms with Gasteiger partial charge in [0.15, 0.2) is 0 Å². The molecule has 1 aliphatic heterocycles. The van der Waals surface area contributed by atoms with Crippen molar-refractivity contribution in [3.8, 4) is 0 Å². The minimum atomic E-state index is -0.0893. The van der Waals surface area contributed by atoms with E-state index in [1.807, 2.05) is 19.9 Å². The minimum absolute atomic E-state index is 0.0893. The van der Waals surface area contributed by atoms with E-state index in [0.717, 1.165) is 17.0 Å². The normalized spacial score (nSPS) is 15.6. The third-order valence-corrected chi connectivity index (χ3v) is 3.46. The highest BCUT2D eigenvalue weighted by atomic mass is 16.1. The zero-order valence-electron chi connectivity index (χ0n) is 15.3. The standard InChI is InChI=1S/C19H28N4O/c1-7-17(13(2)3)9-8-14(4)22-19-18(12-21-16(6)24)11-20-10-15(5)23-19/h7-9,11,13,22H,4,10,12H2,1-3,5-6H3,(H,21,24)/b9-8-,17-7+. The van der Waals surface area contributed by atoms with Crippen LogP contribution in [0.1, 0.15) is 34.6 Å². The number of carbonyl (C=O) groups is 1. The first-order valence-electron chi connectivity index (χ1n) is 8.15. The van der Waals surface area contributed by atoms with Gasteiger partial charge in [-0.05, 0) is 31.4 Å². The number of nitrogens with one attached hydrogen (secondary N) is 2. The van der Waals surface area contributed by atoms with E-state index in [-0.39, 0.29) is 5.91 Å². The molecular weight excluding hydrogens is 300 g/mol. The van der Waals surface area contributed by atoms with Crippen LogP contribution in [0.25, 0.3) is 0 Å². The van der Waals surface area contributed by atoms with Crippen molar-refractivity contribution in [3.05, 3.63) is 47.5 Å². The Morgan fingerprint density at radius 3 is 2.71 bits per heavy atom. The van der Waals surface area contributed by atoms with Crippen LogP contribution in [-0.4, -0.2) is 30.9 Å². The summed E-state index contributed by atoms with van der Waals surface area (Å²) < 4.78 is 0. The molecule has 1 aliphatic rings. The number of amides is 1. The van der Waals surface area contributed by atoms with Gasteiger partial charge >= 0.3 is 0 Å². The Morgan fingerprint density at radius 1 is 1.42 bits per heavy atom. The Bertz CT molecular complexity index is 634. The quantitative estimate of drug-likeness (QED) is 0.705. The van der Waals surface area contributed by atoms with E-state index in [2.05, 4.69) is 53.2 Å². The van der Waals surface area contributed by atoms with E-state index in [1.165, 1.54) is 12.5 Å². The molecule has 0 bridgehead atoms. The number of allylic oxidation sites excluding steroid dienone is 4. The van der Waals surface area contributed by atoms with Gasteiger partial charge in [-0.2, -0.15) is 0 Å². The van der Waals surface area contributed by atoms with Crippen molar-refractivity contribution in [3.63, 3.8) is 0 Å². The summed E-state index contributed by atoms with van der Waals surface area (Å²) in [5, 5.41) is 6.00.